The van der Waals surface area contributed by atoms with E-state index >= 15 is 0 Å². The molecule has 0 saturated carbocycles. The molecule has 2 aliphatic rings. The molecule has 2 atom stereocenters. The first kappa shape index (κ1) is 24.6. The van der Waals surface area contributed by atoms with Crippen LogP contribution in [0.3, 0.4) is 0 Å². The van der Waals surface area contributed by atoms with Crippen molar-refractivity contribution in [3.05, 3.63) is 11.3 Å². The van der Waals surface area contributed by atoms with E-state index in [9.17, 15) is 9.69 Å². The second-order valence-electron chi connectivity index (χ2n) is 8.04. The first-order valence-corrected chi connectivity index (χ1v) is 13.0. The van der Waals surface area contributed by atoms with Gasteiger partial charge >= 0.3 is 14.1 Å². The van der Waals surface area contributed by atoms with Crippen molar-refractivity contribution < 1.29 is 28.0 Å². The van der Waals surface area contributed by atoms with E-state index in [0.29, 0.717) is 24.4 Å². The molecule has 7 heteroatoms. The van der Waals surface area contributed by atoms with E-state index in [-0.39, 0.29) is 19.1 Å². The van der Waals surface area contributed by atoms with Crippen molar-refractivity contribution in [3.63, 3.8) is 0 Å². The zero-order valence-electron chi connectivity index (χ0n) is 18.3. The Labute approximate surface area is 177 Å². The summed E-state index contributed by atoms with van der Waals surface area (Å²) in [7, 11) is -3.66. The number of hydrogen-bond acceptors (Lipinski definition) is 6. The summed E-state index contributed by atoms with van der Waals surface area (Å²) in [4.78, 5) is 24.7. The maximum absolute atomic E-state index is 12.8. The summed E-state index contributed by atoms with van der Waals surface area (Å²) in [5.41, 5.74) is 0.458. The maximum Gasteiger partial charge on any atom is 0.428 e. The van der Waals surface area contributed by atoms with Crippen LogP contribution in [0.2, 0.25) is 0 Å². The molecule has 0 aliphatic carbocycles. The van der Waals surface area contributed by atoms with Crippen molar-refractivity contribution >= 4 is 14.1 Å². The molecule has 2 heterocycles. The number of fused-ring (bicyclic) bond motifs is 1. The summed E-state index contributed by atoms with van der Waals surface area (Å²) in [6.07, 6.45) is 15.6. The third kappa shape index (κ3) is 8.53. The zero-order chi connectivity index (χ0) is 21.0. The zero-order valence-corrected chi connectivity index (χ0v) is 19.2. The number of hydrogen-bond donors (Lipinski definition) is 0. The van der Waals surface area contributed by atoms with Gasteiger partial charge in [0.2, 0.25) is 0 Å². The van der Waals surface area contributed by atoms with E-state index in [4.69, 9.17) is 18.3 Å². The van der Waals surface area contributed by atoms with Crippen LogP contribution >= 0.6 is 8.17 Å². The van der Waals surface area contributed by atoms with Gasteiger partial charge in [-0.05, 0) is 6.42 Å². The minimum atomic E-state index is -3.66. The van der Waals surface area contributed by atoms with Crippen molar-refractivity contribution in [2.45, 2.75) is 97.3 Å². The Morgan fingerprint density at radius 2 is 1.52 bits per heavy atom. The number of carbonyl (C=O) groups excluding carboxylic acids is 1. The van der Waals surface area contributed by atoms with Crippen LogP contribution in [0.1, 0.15) is 97.3 Å². The summed E-state index contributed by atoms with van der Waals surface area (Å²) < 4.78 is 21.5. The molecule has 0 N–H and O–H groups in total. The number of esters is 1. The van der Waals surface area contributed by atoms with Gasteiger partial charge in [-0.2, -0.15) is 9.05 Å². The number of carbonyl (C=O) groups is 1. The molecule has 6 nitrogen and oxygen atoms in total. The van der Waals surface area contributed by atoms with Gasteiger partial charge in [-0.1, -0.05) is 84.5 Å². The standard InChI is InChI=1S/C22H39O6P/c1-3-5-6-7-8-9-10-11-12-13-14-15-16-26-29(24)27-18-19-17-25-22(23)21(19)20(4-2)28-29/h19H,3-18H2,1-2H3/t19-,29?/m0/s1. The average molecular weight is 431 g/mol. The molecule has 0 aromatic rings. The van der Waals surface area contributed by atoms with Crippen molar-refractivity contribution in [1.29, 1.82) is 0 Å². The smallest absolute Gasteiger partial charge is 0.428 e. The molecule has 168 valence electrons. The highest BCUT2D eigenvalue weighted by atomic mass is 31.2. The number of phosphoric acid groups is 1. The summed E-state index contributed by atoms with van der Waals surface area (Å²) >= 11 is 0. The van der Waals surface area contributed by atoms with Crippen LogP contribution in [0.5, 0.6) is 0 Å². The van der Waals surface area contributed by atoms with Gasteiger partial charge in [-0.25, -0.2) is 4.79 Å². The van der Waals surface area contributed by atoms with Gasteiger partial charge in [-0.15, -0.1) is 0 Å². The average Bonchev–Trinajstić information content (AvgIpc) is 3.01. The highest BCUT2D eigenvalue weighted by Gasteiger charge is 2.46. The monoisotopic (exact) mass is 430 g/mol. The maximum atomic E-state index is 12.8. The van der Waals surface area contributed by atoms with E-state index in [2.05, 4.69) is 6.92 Å². The fourth-order valence-corrected chi connectivity index (χ4v) is 5.20. The largest absolute Gasteiger partial charge is 0.598 e. The van der Waals surface area contributed by atoms with Gasteiger partial charge in [-0.3, -0.25) is 4.52 Å². The predicted octanol–water partition coefficient (Wildman–Crippen LogP) is 5.63. The summed E-state index contributed by atoms with van der Waals surface area (Å²) in [6.45, 7) is 4.82. The number of ether oxygens (including phenoxy) is 1. The van der Waals surface area contributed by atoms with Gasteiger partial charge in [0.15, 0.2) is 5.76 Å². The van der Waals surface area contributed by atoms with Crippen LogP contribution < -0.4 is 4.89 Å². The van der Waals surface area contributed by atoms with Gasteiger partial charge in [0.25, 0.3) is 0 Å². The lowest BCUT2D eigenvalue weighted by atomic mass is 10.0. The number of unbranched alkanes of at least 4 members (excludes halogenated alkanes) is 11. The normalized spacial score (nSPS) is 24.2. The Balaban J connectivity index is 1.54. The lowest BCUT2D eigenvalue weighted by molar-refractivity contribution is -0.245. The van der Waals surface area contributed by atoms with Crippen LogP contribution in [0.4, 0.5) is 0 Å². The first-order valence-electron chi connectivity index (χ1n) is 11.6. The van der Waals surface area contributed by atoms with Gasteiger partial charge in [0.05, 0.1) is 18.1 Å². The van der Waals surface area contributed by atoms with Crippen molar-refractivity contribution in [2.24, 2.45) is 5.92 Å². The molecule has 1 fully saturated rings. The minimum Gasteiger partial charge on any atom is -0.598 e. The Kier molecular flexibility index (Phi) is 11.5. The Morgan fingerprint density at radius 3 is 2.10 bits per heavy atom. The quantitative estimate of drug-likeness (QED) is 0.190. The third-order valence-corrected chi connectivity index (χ3v) is 6.98. The van der Waals surface area contributed by atoms with Crippen LogP contribution in [0.15, 0.2) is 11.3 Å². The molecule has 0 radical (unpaired) electrons. The number of phosphoric ester groups is 1. The molecule has 1 unspecified atom stereocenters. The fraction of sp³-hybridized carbons (Fsp3) is 0.864. The molecule has 1 saturated heterocycles. The van der Waals surface area contributed by atoms with Gasteiger partial charge < -0.3 is 9.63 Å². The van der Waals surface area contributed by atoms with E-state index in [1.165, 1.54) is 64.2 Å². The SMILES string of the molecule is CCCCCCCCCCCCCCO[P+]1([O-])OC[C@@H]2COC(=O)C2=C(CC)O1. The van der Waals surface area contributed by atoms with Crippen LogP contribution in [0, 0.1) is 5.92 Å². The highest BCUT2D eigenvalue weighted by Crippen LogP contribution is 2.58. The molecular weight excluding hydrogens is 391 g/mol. The molecule has 0 amide bonds. The number of allylic oxidation sites excluding steroid dienone is 1. The molecular formula is C22H39O6P. The Hall–Kier alpha value is -0.680. The Morgan fingerprint density at radius 1 is 0.931 bits per heavy atom. The minimum absolute atomic E-state index is 0.125. The predicted molar refractivity (Wildman–Crippen MR) is 113 cm³/mol. The molecule has 2 aliphatic heterocycles. The summed E-state index contributed by atoms with van der Waals surface area (Å²) in [5, 5.41) is 0. The van der Waals surface area contributed by atoms with Crippen LogP contribution in [-0.2, 0) is 23.1 Å². The molecule has 0 spiro atoms. The lowest BCUT2D eigenvalue weighted by Gasteiger charge is -2.24. The number of cyclic esters (lactones) is 1. The molecule has 0 aromatic heterocycles. The summed E-state index contributed by atoms with van der Waals surface area (Å²) in [5.74, 6) is -0.235. The van der Waals surface area contributed by atoms with Crippen molar-refractivity contribution in [3.8, 4) is 0 Å². The van der Waals surface area contributed by atoms with E-state index in [1.807, 2.05) is 6.92 Å². The van der Waals surface area contributed by atoms with E-state index < -0.39 is 14.1 Å². The first-order chi connectivity index (χ1) is 14.1. The number of rotatable bonds is 15. The molecule has 2 rings (SSSR count). The van der Waals surface area contributed by atoms with Gasteiger partial charge in [0.1, 0.15) is 13.2 Å². The van der Waals surface area contributed by atoms with Gasteiger partial charge in [0, 0.05) is 6.42 Å². The highest BCUT2D eigenvalue weighted by molar-refractivity contribution is 7.54. The van der Waals surface area contributed by atoms with Crippen LogP contribution in [0.25, 0.3) is 0 Å². The molecule has 0 bridgehead atoms. The third-order valence-electron chi connectivity index (χ3n) is 5.57. The Bertz CT molecular complexity index is 523. The van der Waals surface area contributed by atoms with E-state index in [0.717, 1.165) is 12.8 Å². The summed E-state index contributed by atoms with van der Waals surface area (Å²) in [6, 6.07) is 0. The fourth-order valence-electron chi connectivity index (χ4n) is 3.81. The topological polar surface area (TPSA) is 77.0 Å². The second kappa shape index (κ2) is 13.6. The molecule has 29 heavy (non-hydrogen) atoms. The molecule has 0 aromatic carbocycles. The van der Waals surface area contributed by atoms with E-state index in [1.54, 1.807) is 0 Å². The van der Waals surface area contributed by atoms with Crippen molar-refractivity contribution in [1.82, 2.24) is 0 Å². The lowest BCUT2D eigenvalue weighted by Crippen LogP contribution is -2.20. The van der Waals surface area contributed by atoms with Crippen LogP contribution in [-0.4, -0.2) is 25.8 Å². The second-order valence-corrected chi connectivity index (χ2v) is 9.64. The van der Waals surface area contributed by atoms with Crippen molar-refractivity contribution in [2.75, 3.05) is 19.8 Å².